The third-order valence-electron chi connectivity index (χ3n) is 4.00. The second-order valence-corrected chi connectivity index (χ2v) is 5.66. The molecule has 0 spiro atoms. The van der Waals surface area contributed by atoms with Crippen molar-refractivity contribution in [3.05, 3.63) is 35.6 Å². The van der Waals surface area contributed by atoms with Crippen LogP contribution in [0.15, 0.2) is 24.3 Å². The van der Waals surface area contributed by atoms with E-state index in [9.17, 15) is 9.18 Å². The highest BCUT2D eigenvalue weighted by molar-refractivity contribution is 5.94. The van der Waals surface area contributed by atoms with E-state index in [4.69, 9.17) is 0 Å². The summed E-state index contributed by atoms with van der Waals surface area (Å²) in [5.41, 5.74) is 0.138. The Kier molecular flexibility index (Phi) is 4.94. The van der Waals surface area contributed by atoms with E-state index in [1.807, 2.05) is 0 Å². The molecule has 1 saturated carbocycles. The second-order valence-electron chi connectivity index (χ2n) is 5.66. The van der Waals surface area contributed by atoms with Crippen molar-refractivity contribution < 1.29 is 9.18 Å². The predicted molar refractivity (Wildman–Crippen MR) is 74.5 cm³/mol. The largest absolute Gasteiger partial charge is 0.352 e. The monoisotopic (exact) mass is 263 g/mol. The number of nitrogens with one attached hydrogen (secondary N) is 1. The maximum Gasteiger partial charge on any atom is 0.254 e. The summed E-state index contributed by atoms with van der Waals surface area (Å²) < 4.78 is 13.4. The lowest BCUT2D eigenvalue weighted by Crippen LogP contribution is -2.27. The smallest absolute Gasteiger partial charge is 0.254 e. The van der Waals surface area contributed by atoms with Crippen LogP contribution >= 0.6 is 0 Å². The molecule has 2 rings (SSSR count). The fourth-order valence-corrected chi connectivity index (χ4v) is 2.95. The lowest BCUT2D eigenvalue weighted by molar-refractivity contribution is 0.0945. The van der Waals surface area contributed by atoms with Crippen molar-refractivity contribution in [2.24, 2.45) is 11.8 Å². The topological polar surface area (TPSA) is 29.1 Å². The Labute approximate surface area is 114 Å². The Morgan fingerprint density at radius 3 is 2.89 bits per heavy atom. The molecule has 0 aliphatic heterocycles. The minimum Gasteiger partial charge on any atom is -0.352 e. The number of halogens is 1. The van der Waals surface area contributed by atoms with Crippen LogP contribution in [0.5, 0.6) is 0 Å². The molecule has 0 heterocycles. The van der Waals surface area contributed by atoms with Gasteiger partial charge in [-0.25, -0.2) is 4.39 Å². The van der Waals surface area contributed by atoms with Crippen LogP contribution in [0.2, 0.25) is 0 Å². The zero-order valence-electron chi connectivity index (χ0n) is 11.5. The standard InChI is InChI=1S/C16H22FNO/c1-12-5-4-6-13(11-12)9-10-18-16(19)14-7-2-3-8-15(14)17/h2-3,7-8,12-13H,4-6,9-11H2,1H3,(H,18,19). The van der Waals surface area contributed by atoms with Crippen LogP contribution in [0.4, 0.5) is 4.39 Å². The molecular weight excluding hydrogens is 241 g/mol. The van der Waals surface area contributed by atoms with Crippen molar-refractivity contribution in [2.45, 2.75) is 39.0 Å². The Balaban J connectivity index is 1.76. The normalized spacial score (nSPS) is 23.1. The molecule has 0 radical (unpaired) electrons. The highest BCUT2D eigenvalue weighted by Gasteiger charge is 2.19. The van der Waals surface area contributed by atoms with E-state index < -0.39 is 5.82 Å². The van der Waals surface area contributed by atoms with Crippen molar-refractivity contribution in [3.8, 4) is 0 Å². The molecule has 2 nitrogen and oxygen atoms in total. The zero-order valence-corrected chi connectivity index (χ0v) is 11.5. The van der Waals surface area contributed by atoms with Crippen molar-refractivity contribution in [2.75, 3.05) is 6.54 Å². The summed E-state index contributed by atoms with van der Waals surface area (Å²) in [7, 11) is 0. The van der Waals surface area contributed by atoms with Gasteiger partial charge in [0, 0.05) is 6.54 Å². The molecule has 1 aromatic rings. The highest BCUT2D eigenvalue weighted by Crippen LogP contribution is 2.30. The third-order valence-corrected chi connectivity index (χ3v) is 4.00. The molecule has 3 heteroatoms. The Morgan fingerprint density at radius 1 is 1.37 bits per heavy atom. The first-order valence-corrected chi connectivity index (χ1v) is 7.19. The fourth-order valence-electron chi connectivity index (χ4n) is 2.95. The van der Waals surface area contributed by atoms with E-state index >= 15 is 0 Å². The van der Waals surface area contributed by atoms with Crippen LogP contribution in [-0.4, -0.2) is 12.5 Å². The number of hydrogen-bond acceptors (Lipinski definition) is 1. The predicted octanol–water partition coefficient (Wildman–Crippen LogP) is 3.77. The van der Waals surface area contributed by atoms with Gasteiger partial charge in [-0.2, -0.15) is 0 Å². The molecule has 1 fully saturated rings. The molecule has 1 aliphatic rings. The molecule has 1 N–H and O–H groups in total. The second kappa shape index (κ2) is 6.69. The Bertz CT molecular complexity index is 433. The molecule has 104 valence electrons. The summed E-state index contributed by atoms with van der Waals surface area (Å²) in [4.78, 5) is 11.8. The first kappa shape index (κ1) is 14.0. The summed E-state index contributed by atoms with van der Waals surface area (Å²) in [6.07, 6.45) is 6.16. The van der Waals surface area contributed by atoms with Crippen molar-refractivity contribution in [1.82, 2.24) is 5.32 Å². The molecule has 1 amide bonds. The molecule has 0 aromatic heterocycles. The summed E-state index contributed by atoms with van der Waals surface area (Å²) in [5.74, 6) is 0.763. The number of carbonyl (C=O) groups excluding carboxylic acids is 1. The van der Waals surface area contributed by atoms with Gasteiger partial charge < -0.3 is 5.32 Å². The minimum atomic E-state index is -0.453. The number of carbonyl (C=O) groups is 1. The number of benzene rings is 1. The van der Waals surface area contributed by atoms with E-state index in [1.54, 1.807) is 12.1 Å². The minimum absolute atomic E-state index is 0.138. The van der Waals surface area contributed by atoms with Crippen LogP contribution in [0.25, 0.3) is 0 Å². The molecule has 2 unspecified atom stereocenters. The maximum atomic E-state index is 13.4. The van der Waals surface area contributed by atoms with E-state index in [0.717, 1.165) is 12.3 Å². The van der Waals surface area contributed by atoms with E-state index in [2.05, 4.69) is 12.2 Å². The summed E-state index contributed by atoms with van der Waals surface area (Å²) in [6.45, 7) is 2.94. The van der Waals surface area contributed by atoms with Gasteiger partial charge in [0.05, 0.1) is 5.56 Å². The first-order valence-electron chi connectivity index (χ1n) is 7.19. The van der Waals surface area contributed by atoms with Gasteiger partial charge in [0.25, 0.3) is 5.91 Å². The zero-order chi connectivity index (χ0) is 13.7. The molecule has 1 aliphatic carbocycles. The van der Waals surface area contributed by atoms with Crippen LogP contribution in [-0.2, 0) is 0 Å². The average Bonchev–Trinajstić information content (AvgIpc) is 2.39. The van der Waals surface area contributed by atoms with Crippen LogP contribution in [0, 0.1) is 17.7 Å². The molecular formula is C16H22FNO. The summed E-state index contributed by atoms with van der Waals surface area (Å²) in [6, 6.07) is 6.11. The number of amides is 1. The number of rotatable bonds is 4. The summed E-state index contributed by atoms with van der Waals surface area (Å²) in [5, 5.41) is 2.82. The Hall–Kier alpha value is -1.38. The summed E-state index contributed by atoms with van der Waals surface area (Å²) >= 11 is 0. The fraction of sp³-hybridized carbons (Fsp3) is 0.562. The van der Waals surface area contributed by atoms with Gasteiger partial charge in [0.1, 0.15) is 5.82 Å². The molecule has 19 heavy (non-hydrogen) atoms. The van der Waals surface area contributed by atoms with Gasteiger partial charge in [-0.15, -0.1) is 0 Å². The van der Waals surface area contributed by atoms with Gasteiger partial charge >= 0.3 is 0 Å². The van der Waals surface area contributed by atoms with Crippen molar-refractivity contribution in [1.29, 1.82) is 0 Å². The maximum absolute atomic E-state index is 13.4. The molecule has 1 aromatic carbocycles. The van der Waals surface area contributed by atoms with Crippen molar-refractivity contribution >= 4 is 5.91 Å². The SMILES string of the molecule is CC1CCCC(CCNC(=O)c2ccccc2F)C1. The molecule has 2 atom stereocenters. The molecule has 0 saturated heterocycles. The quantitative estimate of drug-likeness (QED) is 0.880. The van der Waals surface area contributed by atoms with Gasteiger partial charge in [-0.1, -0.05) is 38.3 Å². The van der Waals surface area contributed by atoms with Crippen LogP contribution in [0.3, 0.4) is 0 Å². The van der Waals surface area contributed by atoms with Crippen molar-refractivity contribution in [3.63, 3.8) is 0 Å². The Morgan fingerprint density at radius 2 is 2.16 bits per heavy atom. The first-order chi connectivity index (χ1) is 9.16. The number of hydrogen-bond donors (Lipinski definition) is 1. The van der Waals surface area contributed by atoms with Crippen LogP contribution < -0.4 is 5.32 Å². The average molecular weight is 263 g/mol. The van der Waals surface area contributed by atoms with E-state index in [0.29, 0.717) is 12.5 Å². The lowest BCUT2D eigenvalue weighted by Gasteiger charge is -2.26. The van der Waals surface area contributed by atoms with Gasteiger partial charge in [-0.3, -0.25) is 4.79 Å². The van der Waals surface area contributed by atoms with E-state index in [1.165, 1.54) is 37.8 Å². The lowest BCUT2D eigenvalue weighted by atomic mass is 9.81. The van der Waals surface area contributed by atoms with Gasteiger partial charge in [0.15, 0.2) is 0 Å². The van der Waals surface area contributed by atoms with Gasteiger partial charge in [-0.05, 0) is 36.8 Å². The highest BCUT2D eigenvalue weighted by atomic mass is 19.1. The van der Waals surface area contributed by atoms with Gasteiger partial charge in [0.2, 0.25) is 0 Å². The molecule has 0 bridgehead atoms. The van der Waals surface area contributed by atoms with E-state index in [-0.39, 0.29) is 11.5 Å². The third kappa shape index (κ3) is 4.05. The van der Waals surface area contributed by atoms with Crippen LogP contribution in [0.1, 0.15) is 49.4 Å².